The fraction of sp³-hybridized carbons (Fsp3) is 0.500. The second-order valence-electron chi connectivity index (χ2n) is 4.06. The lowest BCUT2D eigenvalue weighted by Gasteiger charge is -2.03. The van der Waals surface area contributed by atoms with Gasteiger partial charge < -0.3 is 15.0 Å². The SMILES string of the molecule is Cn1ccc(CNC(=O)CCCCC(=O)O)c1. The fourth-order valence-corrected chi connectivity index (χ4v) is 1.52. The summed E-state index contributed by atoms with van der Waals surface area (Å²) >= 11 is 0. The first-order valence-electron chi connectivity index (χ1n) is 5.67. The molecule has 5 nitrogen and oxygen atoms in total. The lowest BCUT2D eigenvalue weighted by molar-refractivity contribution is -0.137. The highest BCUT2D eigenvalue weighted by Crippen LogP contribution is 2.01. The van der Waals surface area contributed by atoms with Gasteiger partial charge in [0.25, 0.3) is 0 Å². The van der Waals surface area contributed by atoms with Gasteiger partial charge in [-0.25, -0.2) is 0 Å². The Hall–Kier alpha value is -1.78. The van der Waals surface area contributed by atoms with Gasteiger partial charge in [0.05, 0.1) is 0 Å². The van der Waals surface area contributed by atoms with Gasteiger partial charge >= 0.3 is 5.97 Å². The van der Waals surface area contributed by atoms with E-state index in [0.717, 1.165) is 5.56 Å². The van der Waals surface area contributed by atoms with Crippen molar-refractivity contribution in [1.82, 2.24) is 9.88 Å². The second kappa shape index (κ2) is 6.73. The smallest absolute Gasteiger partial charge is 0.303 e. The number of hydrogen-bond donors (Lipinski definition) is 2. The average molecular weight is 238 g/mol. The van der Waals surface area contributed by atoms with E-state index in [1.165, 1.54) is 0 Å². The maximum atomic E-state index is 11.4. The molecule has 0 aromatic carbocycles. The summed E-state index contributed by atoms with van der Waals surface area (Å²) in [6, 6.07) is 1.95. The number of nitrogens with zero attached hydrogens (tertiary/aromatic N) is 1. The van der Waals surface area contributed by atoms with Crippen LogP contribution in [-0.2, 0) is 23.2 Å². The molecular formula is C12H18N2O3. The highest BCUT2D eigenvalue weighted by molar-refractivity contribution is 5.75. The topological polar surface area (TPSA) is 71.3 Å². The molecule has 1 aromatic rings. The molecule has 1 heterocycles. The Morgan fingerprint density at radius 2 is 2.06 bits per heavy atom. The minimum absolute atomic E-state index is 0.0285. The Balaban J connectivity index is 2.11. The van der Waals surface area contributed by atoms with E-state index >= 15 is 0 Å². The Bertz CT molecular complexity index is 385. The molecule has 0 aliphatic heterocycles. The van der Waals surface area contributed by atoms with Crippen LogP contribution < -0.4 is 5.32 Å². The third kappa shape index (κ3) is 5.75. The van der Waals surface area contributed by atoms with E-state index in [-0.39, 0.29) is 12.3 Å². The van der Waals surface area contributed by atoms with Crippen LogP contribution in [0.25, 0.3) is 0 Å². The second-order valence-corrected chi connectivity index (χ2v) is 4.06. The van der Waals surface area contributed by atoms with Crippen LogP contribution >= 0.6 is 0 Å². The number of nitrogens with one attached hydrogen (secondary N) is 1. The minimum Gasteiger partial charge on any atom is -0.481 e. The summed E-state index contributed by atoms with van der Waals surface area (Å²) in [5, 5.41) is 11.2. The molecule has 0 radical (unpaired) electrons. The highest BCUT2D eigenvalue weighted by Gasteiger charge is 2.03. The molecule has 1 amide bonds. The van der Waals surface area contributed by atoms with Crippen molar-refractivity contribution in [3.8, 4) is 0 Å². The van der Waals surface area contributed by atoms with Crippen molar-refractivity contribution in [3.05, 3.63) is 24.0 Å². The number of aromatic nitrogens is 1. The van der Waals surface area contributed by atoms with Gasteiger partial charge in [-0.05, 0) is 24.5 Å². The summed E-state index contributed by atoms with van der Waals surface area (Å²) in [5.74, 6) is -0.839. The molecule has 0 fully saturated rings. The molecule has 5 heteroatoms. The Morgan fingerprint density at radius 1 is 1.35 bits per heavy atom. The summed E-state index contributed by atoms with van der Waals surface area (Å²) in [6.07, 6.45) is 5.56. The van der Waals surface area contributed by atoms with Gasteiger partial charge in [0.15, 0.2) is 0 Å². The van der Waals surface area contributed by atoms with Crippen molar-refractivity contribution < 1.29 is 14.7 Å². The van der Waals surface area contributed by atoms with Gasteiger partial charge in [-0.3, -0.25) is 9.59 Å². The van der Waals surface area contributed by atoms with Crippen molar-refractivity contribution in [1.29, 1.82) is 0 Å². The molecule has 0 atom stereocenters. The molecule has 0 saturated carbocycles. The van der Waals surface area contributed by atoms with Gasteiger partial charge in [0, 0.05) is 38.8 Å². The number of carbonyl (C=O) groups excluding carboxylic acids is 1. The van der Waals surface area contributed by atoms with E-state index in [9.17, 15) is 9.59 Å². The van der Waals surface area contributed by atoms with Gasteiger partial charge in [-0.1, -0.05) is 0 Å². The standard InChI is InChI=1S/C12H18N2O3/c1-14-7-6-10(9-14)8-13-11(15)4-2-3-5-12(16)17/h6-7,9H,2-5,8H2,1H3,(H,13,15)(H,16,17). The Labute approximate surface area is 100 Å². The zero-order chi connectivity index (χ0) is 12.7. The van der Waals surface area contributed by atoms with Crippen molar-refractivity contribution >= 4 is 11.9 Å². The predicted octanol–water partition coefficient (Wildman–Crippen LogP) is 1.29. The molecule has 0 aliphatic rings. The fourth-order valence-electron chi connectivity index (χ4n) is 1.52. The first-order valence-corrected chi connectivity index (χ1v) is 5.67. The van der Waals surface area contributed by atoms with E-state index in [0.29, 0.717) is 25.8 Å². The normalized spacial score (nSPS) is 10.2. The minimum atomic E-state index is -0.810. The maximum Gasteiger partial charge on any atom is 0.303 e. The van der Waals surface area contributed by atoms with Gasteiger partial charge in [-0.15, -0.1) is 0 Å². The van der Waals surface area contributed by atoms with Crippen molar-refractivity contribution in [2.45, 2.75) is 32.2 Å². The first kappa shape index (κ1) is 13.3. The number of rotatable bonds is 7. The molecule has 17 heavy (non-hydrogen) atoms. The molecule has 94 valence electrons. The predicted molar refractivity (Wildman–Crippen MR) is 63.4 cm³/mol. The number of aliphatic carboxylic acids is 1. The van der Waals surface area contributed by atoms with Crippen molar-refractivity contribution in [2.24, 2.45) is 7.05 Å². The largest absolute Gasteiger partial charge is 0.481 e. The molecule has 0 saturated heterocycles. The van der Waals surface area contributed by atoms with E-state index < -0.39 is 5.97 Å². The Morgan fingerprint density at radius 3 is 2.65 bits per heavy atom. The summed E-state index contributed by atoms with van der Waals surface area (Å²) < 4.78 is 1.92. The molecule has 2 N–H and O–H groups in total. The van der Waals surface area contributed by atoms with Crippen LogP contribution in [0.1, 0.15) is 31.2 Å². The number of amides is 1. The lowest BCUT2D eigenvalue weighted by atomic mass is 10.2. The van der Waals surface area contributed by atoms with E-state index in [2.05, 4.69) is 5.32 Å². The number of carboxylic acids is 1. The average Bonchev–Trinajstić information content (AvgIpc) is 2.67. The lowest BCUT2D eigenvalue weighted by Crippen LogP contribution is -2.22. The van der Waals surface area contributed by atoms with E-state index in [1.54, 1.807) is 0 Å². The summed E-state index contributed by atoms with van der Waals surface area (Å²) in [5.41, 5.74) is 1.06. The number of hydrogen-bond acceptors (Lipinski definition) is 2. The van der Waals surface area contributed by atoms with Gasteiger partial charge in [-0.2, -0.15) is 0 Å². The van der Waals surface area contributed by atoms with E-state index in [1.807, 2.05) is 30.1 Å². The quantitative estimate of drug-likeness (QED) is 0.703. The maximum absolute atomic E-state index is 11.4. The number of aryl methyl sites for hydroxylation is 1. The van der Waals surface area contributed by atoms with Crippen LogP contribution in [0.15, 0.2) is 18.5 Å². The van der Waals surface area contributed by atoms with Crippen LogP contribution in [0.2, 0.25) is 0 Å². The summed E-state index contributed by atoms with van der Waals surface area (Å²) in [7, 11) is 1.93. The zero-order valence-corrected chi connectivity index (χ0v) is 9.98. The van der Waals surface area contributed by atoms with Crippen LogP contribution in [0.5, 0.6) is 0 Å². The highest BCUT2D eigenvalue weighted by atomic mass is 16.4. The van der Waals surface area contributed by atoms with Crippen LogP contribution in [0, 0.1) is 0 Å². The van der Waals surface area contributed by atoms with Crippen LogP contribution in [0.3, 0.4) is 0 Å². The number of carboxylic acid groups (broad SMARTS) is 1. The molecule has 0 unspecified atom stereocenters. The summed E-state index contributed by atoms with van der Waals surface area (Å²) in [4.78, 5) is 21.7. The molecule has 0 spiro atoms. The van der Waals surface area contributed by atoms with Crippen molar-refractivity contribution in [2.75, 3.05) is 0 Å². The molecule has 0 bridgehead atoms. The summed E-state index contributed by atoms with van der Waals surface area (Å²) in [6.45, 7) is 0.526. The van der Waals surface area contributed by atoms with Gasteiger partial charge in [0.1, 0.15) is 0 Å². The zero-order valence-electron chi connectivity index (χ0n) is 9.98. The molecular weight excluding hydrogens is 220 g/mol. The Kier molecular flexibility index (Phi) is 5.26. The van der Waals surface area contributed by atoms with Crippen LogP contribution in [0.4, 0.5) is 0 Å². The van der Waals surface area contributed by atoms with Gasteiger partial charge in [0.2, 0.25) is 5.91 Å². The molecule has 0 aliphatic carbocycles. The molecule has 1 aromatic heterocycles. The third-order valence-corrected chi connectivity index (χ3v) is 2.43. The molecule has 1 rings (SSSR count). The first-order chi connectivity index (χ1) is 8.08. The van der Waals surface area contributed by atoms with Crippen LogP contribution in [-0.4, -0.2) is 21.6 Å². The van der Waals surface area contributed by atoms with Crippen molar-refractivity contribution in [3.63, 3.8) is 0 Å². The third-order valence-electron chi connectivity index (χ3n) is 2.43. The number of carbonyl (C=O) groups is 2. The van der Waals surface area contributed by atoms with E-state index in [4.69, 9.17) is 5.11 Å². The number of unbranched alkanes of at least 4 members (excludes halogenated alkanes) is 1. The monoisotopic (exact) mass is 238 g/mol.